The summed E-state index contributed by atoms with van der Waals surface area (Å²) in [4.78, 5) is 15.1. The van der Waals surface area contributed by atoms with Gasteiger partial charge in [-0.15, -0.1) is 12.4 Å². The zero-order chi connectivity index (χ0) is 15.1. The summed E-state index contributed by atoms with van der Waals surface area (Å²) < 4.78 is 37.2. The first kappa shape index (κ1) is 18.5. The maximum atomic E-state index is 12.4. The number of amides is 1. The number of hydrogen-bond acceptors (Lipinski definition) is 3. The lowest BCUT2D eigenvalue weighted by Crippen LogP contribution is -2.56. The molecule has 4 nitrogen and oxygen atoms in total. The predicted molar refractivity (Wildman–Crippen MR) is 76.2 cm³/mol. The van der Waals surface area contributed by atoms with Gasteiger partial charge in [0.1, 0.15) is 6.54 Å². The van der Waals surface area contributed by atoms with Crippen molar-refractivity contribution in [3.63, 3.8) is 0 Å². The average molecular weight is 330 g/mol. The van der Waals surface area contributed by atoms with Crippen LogP contribution in [0.2, 0.25) is 0 Å². The molecule has 0 aromatic rings. The van der Waals surface area contributed by atoms with Gasteiger partial charge in [-0.3, -0.25) is 9.69 Å². The summed E-state index contributed by atoms with van der Waals surface area (Å²) >= 11 is 0. The number of rotatable bonds is 2. The van der Waals surface area contributed by atoms with E-state index in [9.17, 15) is 18.0 Å². The molecule has 2 rings (SSSR count). The van der Waals surface area contributed by atoms with Crippen LogP contribution in [-0.2, 0) is 4.79 Å². The fraction of sp³-hybridized carbons (Fsp3) is 0.923. The van der Waals surface area contributed by atoms with E-state index in [1.165, 1.54) is 0 Å². The van der Waals surface area contributed by atoms with E-state index in [1.54, 1.807) is 0 Å². The smallest absolute Gasteiger partial charge is 0.332 e. The maximum Gasteiger partial charge on any atom is 0.406 e. The third-order valence-corrected chi connectivity index (χ3v) is 4.42. The van der Waals surface area contributed by atoms with Crippen molar-refractivity contribution in [3.8, 4) is 0 Å². The van der Waals surface area contributed by atoms with E-state index in [0.717, 1.165) is 11.3 Å². The molecule has 0 aromatic carbocycles. The molecule has 0 radical (unpaired) electrons. The van der Waals surface area contributed by atoms with Crippen LogP contribution in [0.15, 0.2) is 0 Å². The SMILES string of the molecule is CC1(C)CN(C2CCN(CC(F)(F)F)C2=O)CCC1N.Cl. The van der Waals surface area contributed by atoms with Gasteiger partial charge in [0, 0.05) is 25.7 Å². The molecule has 21 heavy (non-hydrogen) atoms. The summed E-state index contributed by atoms with van der Waals surface area (Å²) in [6, 6.07) is -0.342. The Bertz CT molecular complexity index is 389. The normalized spacial score (nSPS) is 30.4. The van der Waals surface area contributed by atoms with Gasteiger partial charge in [0.15, 0.2) is 0 Å². The van der Waals surface area contributed by atoms with Gasteiger partial charge in [-0.05, 0) is 18.3 Å². The largest absolute Gasteiger partial charge is 0.406 e. The van der Waals surface area contributed by atoms with Gasteiger partial charge >= 0.3 is 6.18 Å². The van der Waals surface area contributed by atoms with Crippen LogP contribution in [0.5, 0.6) is 0 Å². The van der Waals surface area contributed by atoms with Crippen molar-refractivity contribution in [1.82, 2.24) is 9.80 Å². The van der Waals surface area contributed by atoms with Crippen molar-refractivity contribution in [2.24, 2.45) is 11.1 Å². The molecule has 0 aliphatic carbocycles. The van der Waals surface area contributed by atoms with Crippen LogP contribution in [0.1, 0.15) is 26.7 Å². The van der Waals surface area contributed by atoms with Crippen molar-refractivity contribution in [2.75, 3.05) is 26.2 Å². The summed E-state index contributed by atoms with van der Waals surface area (Å²) in [6.45, 7) is 4.46. The topological polar surface area (TPSA) is 49.6 Å². The molecule has 2 aliphatic heterocycles. The number of alkyl halides is 3. The van der Waals surface area contributed by atoms with E-state index >= 15 is 0 Å². The number of halogens is 4. The van der Waals surface area contributed by atoms with E-state index in [4.69, 9.17) is 5.73 Å². The van der Waals surface area contributed by atoms with Crippen LogP contribution in [0.25, 0.3) is 0 Å². The monoisotopic (exact) mass is 329 g/mol. The average Bonchev–Trinajstić information content (AvgIpc) is 2.62. The summed E-state index contributed by atoms with van der Waals surface area (Å²) in [5, 5.41) is 0. The highest BCUT2D eigenvalue weighted by Gasteiger charge is 2.44. The molecule has 124 valence electrons. The van der Waals surface area contributed by atoms with Crippen molar-refractivity contribution in [2.45, 2.75) is 44.9 Å². The standard InChI is InChI=1S/C13H22F3N3O.ClH/c1-12(2)7-18(6-4-10(12)17)9-3-5-19(11(9)20)8-13(14,15)16;/h9-10H,3-8,17H2,1-2H3;1H. The molecule has 2 heterocycles. The zero-order valence-corrected chi connectivity index (χ0v) is 13.1. The van der Waals surface area contributed by atoms with Crippen LogP contribution in [0.3, 0.4) is 0 Å². The van der Waals surface area contributed by atoms with Crippen molar-refractivity contribution >= 4 is 18.3 Å². The molecule has 2 N–H and O–H groups in total. The summed E-state index contributed by atoms with van der Waals surface area (Å²) in [5.74, 6) is -0.395. The number of hydrogen-bond donors (Lipinski definition) is 1. The Morgan fingerprint density at radius 1 is 1.29 bits per heavy atom. The lowest BCUT2D eigenvalue weighted by atomic mass is 9.79. The van der Waals surface area contributed by atoms with E-state index in [2.05, 4.69) is 0 Å². The van der Waals surface area contributed by atoms with Crippen LogP contribution in [0.4, 0.5) is 13.2 Å². The third kappa shape index (κ3) is 4.23. The Morgan fingerprint density at radius 3 is 2.43 bits per heavy atom. The third-order valence-electron chi connectivity index (χ3n) is 4.42. The van der Waals surface area contributed by atoms with E-state index in [0.29, 0.717) is 19.5 Å². The van der Waals surface area contributed by atoms with Gasteiger partial charge in [-0.25, -0.2) is 0 Å². The highest BCUT2D eigenvalue weighted by molar-refractivity contribution is 5.85. The van der Waals surface area contributed by atoms with E-state index in [1.807, 2.05) is 18.7 Å². The van der Waals surface area contributed by atoms with Gasteiger partial charge < -0.3 is 10.6 Å². The minimum atomic E-state index is -4.33. The molecule has 0 saturated carbocycles. The second kappa shape index (κ2) is 6.30. The highest BCUT2D eigenvalue weighted by Crippen LogP contribution is 2.31. The summed E-state index contributed by atoms with van der Waals surface area (Å²) in [5.41, 5.74) is 5.93. The van der Waals surface area contributed by atoms with Crippen LogP contribution in [-0.4, -0.2) is 60.1 Å². The Morgan fingerprint density at radius 2 is 1.90 bits per heavy atom. The first-order chi connectivity index (χ1) is 9.10. The molecule has 2 aliphatic rings. The predicted octanol–water partition coefficient (Wildman–Crippen LogP) is 1.63. The summed E-state index contributed by atoms with van der Waals surface area (Å²) in [7, 11) is 0. The number of likely N-dealkylation sites (tertiary alicyclic amines) is 2. The van der Waals surface area contributed by atoms with Gasteiger partial charge in [0.2, 0.25) is 5.91 Å². The lowest BCUT2D eigenvalue weighted by Gasteiger charge is -2.44. The quantitative estimate of drug-likeness (QED) is 0.837. The van der Waals surface area contributed by atoms with Crippen molar-refractivity contribution < 1.29 is 18.0 Å². The Labute approximate surface area is 129 Å². The van der Waals surface area contributed by atoms with Crippen molar-refractivity contribution in [3.05, 3.63) is 0 Å². The van der Waals surface area contributed by atoms with Gasteiger partial charge in [-0.1, -0.05) is 13.8 Å². The second-order valence-corrected chi connectivity index (χ2v) is 6.53. The van der Waals surface area contributed by atoms with E-state index in [-0.39, 0.29) is 30.4 Å². The molecule has 2 atom stereocenters. The van der Waals surface area contributed by atoms with Crippen LogP contribution < -0.4 is 5.73 Å². The molecular formula is C13H23ClF3N3O. The van der Waals surface area contributed by atoms with Crippen molar-refractivity contribution in [1.29, 1.82) is 0 Å². The van der Waals surface area contributed by atoms with Gasteiger partial charge in [0.25, 0.3) is 0 Å². The molecule has 0 spiro atoms. The zero-order valence-electron chi connectivity index (χ0n) is 12.3. The Hall–Kier alpha value is -0.530. The minimum Gasteiger partial charge on any atom is -0.332 e. The van der Waals surface area contributed by atoms with Gasteiger partial charge in [-0.2, -0.15) is 13.2 Å². The molecule has 2 unspecified atom stereocenters. The Kier molecular flexibility index (Phi) is 5.56. The number of carbonyl (C=O) groups excluding carboxylic acids is 1. The number of nitrogens with zero attached hydrogens (tertiary/aromatic N) is 2. The van der Waals surface area contributed by atoms with E-state index < -0.39 is 24.7 Å². The minimum absolute atomic E-state index is 0. The summed E-state index contributed by atoms with van der Waals surface area (Å²) in [6.07, 6.45) is -3.08. The second-order valence-electron chi connectivity index (χ2n) is 6.53. The van der Waals surface area contributed by atoms with Gasteiger partial charge in [0.05, 0.1) is 6.04 Å². The molecule has 2 saturated heterocycles. The van der Waals surface area contributed by atoms with Crippen LogP contribution >= 0.6 is 12.4 Å². The fourth-order valence-electron chi connectivity index (χ4n) is 3.12. The maximum absolute atomic E-state index is 12.4. The molecule has 0 aromatic heterocycles. The number of nitrogens with two attached hydrogens (primary N) is 1. The molecule has 1 amide bonds. The molecule has 0 bridgehead atoms. The number of piperidine rings is 1. The molecule has 8 heteroatoms. The molecular weight excluding hydrogens is 307 g/mol. The highest BCUT2D eigenvalue weighted by atomic mass is 35.5. The first-order valence-electron chi connectivity index (χ1n) is 6.95. The molecule has 2 fully saturated rings. The first-order valence-corrected chi connectivity index (χ1v) is 6.95. The lowest BCUT2D eigenvalue weighted by molar-refractivity contribution is -0.159. The fourth-order valence-corrected chi connectivity index (χ4v) is 3.12. The number of carbonyl (C=O) groups is 1. The van der Waals surface area contributed by atoms with Crippen LogP contribution in [0, 0.1) is 5.41 Å². The Balaban J connectivity index is 0.00000220.